The summed E-state index contributed by atoms with van der Waals surface area (Å²) in [5.41, 5.74) is 0.910. The summed E-state index contributed by atoms with van der Waals surface area (Å²) in [4.78, 5) is 0. The highest BCUT2D eigenvalue weighted by Crippen LogP contribution is 2.44. The number of hydrogen-bond donors (Lipinski definition) is 2. The zero-order valence-electron chi connectivity index (χ0n) is 12.5. The van der Waals surface area contributed by atoms with Crippen LogP contribution < -0.4 is 20.1 Å². The molecule has 114 valence electrons. The van der Waals surface area contributed by atoms with Gasteiger partial charge in [0, 0.05) is 17.8 Å². The van der Waals surface area contributed by atoms with Gasteiger partial charge in [-0.1, -0.05) is 6.42 Å². The van der Waals surface area contributed by atoms with Gasteiger partial charge in [0.15, 0.2) is 16.6 Å². The summed E-state index contributed by atoms with van der Waals surface area (Å²) < 4.78 is 10.5. The van der Waals surface area contributed by atoms with Gasteiger partial charge in [-0.15, -0.1) is 0 Å². The molecule has 2 aliphatic rings. The Balaban J connectivity index is 1.59. The van der Waals surface area contributed by atoms with E-state index in [1.165, 1.54) is 25.7 Å². The molecule has 0 radical (unpaired) electrons. The molecule has 0 unspecified atom stereocenters. The number of anilines is 1. The van der Waals surface area contributed by atoms with Crippen molar-refractivity contribution in [3.05, 3.63) is 18.2 Å². The average molecular weight is 306 g/mol. The van der Waals surface area contributed by atoms with Gasteiger partial charge in [-0.3, -0.25) is 0 Å². The number of thiocarbonyl (C=S) groups is 1. The van der Waals surface area contributed by atoms with E-state index in [4.69, 9.17) is 21.7 Å². The molecular weight excluding hydrogens is 284 g/mol. The van der Waals surface area contributed by atoms with Gasteiger partial charge in [0.25, 0.3) is 0 Å². The fourth-order valence-electron chi connectivity index (χ4n) is 3.67. The highest BCUT2D eigenvalue weighted by Gasteiger charge is 2.39. The van der Waals surface area contributed by atoms with Crippen LogP contribution in [0.5, 0.6) is 11.5 Å². The molecule has 0 saturated heterocycles. The fourth-order valence-corrected chi connectivity index (χ4v) is 3.94. The van der Waals surface area contributed by atoms with Crippen molar-refractivity contribution in [3.8, 4) is 11.5 Å². The third kappa shape index (κ3) is 3.07. The second kappa shape index (κ2) is 6.10. The van der Waals surface area contributed by atoms with E-state index in [2.05, 4.69) is 10.6 Å². The Bertz CT molecular complexity index is 535. The second-order valence-electron chi connectivity index (χ2n) is 5.95. The van der Waals surface area contributed by atoms with E-state index < -0.39 is 0 Å². The Hall–Kier alpha value is -1.49. The van der Waals surface area contributed by atoms with Crippen LogP contribution in [0.15, 0.2) is 18.2 Å². The van der Waals surface area contributed by atoms with Crippen LogP contribution in [-0.4, -0.2) is 25.4 Å². The van der Waals surface area contributed by atoms with Crippen molar-refractivity contribution in [2.75, 3.05) is 19.5 Å². The van der Waals surface area contributed by atoms with Crippen LogP contribution in [0.3, 0.4) is 0 Å². The number of rotatable bonds is 4. The molecule has 2 N–H and O–H groups in total. The Labute approximate surface area is 131 Å². The van der Waals surface area contributed by atoms with E-state index in [1.807, 2.05) is 18.2 Å². The van der Waals surface area contributed by atoms with Crippen LogP contribution >= 0.6 is 12.2 Å². The lowest BCUT2D eigenvalue weighted by Crippen LogP contribution is -2.40. The lowest BCUT2D eigenvalue weighted by atomic mass is 9.96. The van der Waals surface area contributed by atoms with E-state index in [1.54, 1.807) is 14.2 Å². The summed E-state index contributed by atoms with van der Waals surface area (Å²) in [5, 5.41) is 7.41. The summed E-state index contributed by atoms with van der Waals surface area (Å²) in [6.45, 7) is 0. The standard InChI is InChI=1S/C16H22N2O2S/c1-19-14-6-5-12(9-15(14)20-2)17-16(21)18-13-8-10-3-4-11(13)7-10/h5-6,9-11,13H,3-4,7-8H2,1-2H3,(H2,17,18,21)/t10-,11-,13+/m1/s1. The van der Waals surface area contributed by atoms with E-state index in [0.717, 1.165) is 23.3 Å². The normalized spacial score (nSPS) is 26.5. The molecule has 21 heavy (non-hydrogen) atoms. The van der Waals surface area contributed by atoms with Gasteiger partial charge in [0.1, 0.15) is 0 Å². The molecule has 3 atom stereocenters. The van der Waals surface area contributed by atoms with Crippen LogP contribution in [0.2, 0.25) is 0 Å². The Morgan fingerprint density at radius 2 is 1.95 bits per heavy atom. The topological polar surface area (TPSA) is 42.5 Å². The van der Waals surface area contributed by atoms with Crippen molar-refractivity contribution in [2.45, 2.75) is 31.7 Å². The van der Waals surface area contributed by atoms with Gasteiger partial charge in [-0.25, -0.2) is 0 Å². The molecule has 2 bridgehead atoms. The van der Waals surface area contributed by atoms with Crippen LogP contribution in [0.1, 0.15) is 25.7 Å². The van der Waals surface area contributed by atoms with Crippen molar-refractivity contribution in [3.63, 3.8) is 0 Å². The molecular formula is C16H22N2O2S. The molecule has 3 rings (SSSR count). The molecule has 0 aliphatic heterocycles. The summed E-state index contributed by atoms with van der Waals surface area (Å²) >= 11 is 5.43. The average Bonchev–Trinajstić information content (AvgIpc) is 3.09. The molecule has 0 spiro atoms. The Morgan fingerprint density at radius 3 is 2.57 bits per heavy atom. The van der Waals surface area contributed by atoms with Crippen molar-refractivity contribution in [1.82, 2.24) is 5.32 Å². The van der Waals surface area contributed by atoms with Crippen molar-refractivity contribution < 1.29 is 9.47 Å². The molecule has 0 aromatic heterocycles. The van der Waals surface area contributed by atoms with Crippen LogP contribution in [0.4, 0.5) is 5.69 Å². The number of nitrogens with one attached hydrogen (secondary N) is 2. The molecule has 0 heterocycles. The van der Waals surface area contributed by atoms with Gasteiger partial charge in [0.05, 0.1) is 14.2 Å². The minimum Gasteiger partial charge on any atom is -0.493 e. The monoisotopic (exact) mass is 306 g/mol. The van der Waals surface area contributed by atoms with Crippen LogP contribution in [-0.2, 0) is 0 Å². The van der Waals surface area contributed by atoms with Gasteiger partial charge < -0.3 is 20.1 Å². The first-order chi connectivity index (χ1) is 10.2. The molecule has 0 amide bonds. The summed E-state index contributed by atoms with van der Waals surface area (Å²) in [6, 6.07) is 6.26. The zero-order valence-corrected chi connectivity index (χ0v) is 13.3. The number of benzene rings is 1. The highest BCUT2D eigenvalue weighted by molar-refractivity contribution is 7.80. The summed E-state index contributed by atoms with van der Waals surface area (Å²) in [7, 11) is 3.26. The molecule has 2 saturated carbocycles. The Morgan fingerprint density at radius 1 is 1.14 bits per heavy atom. The highest BCUT2D eigenvalue weighted by atomic mass is 32.1. The largest absolute Gasteiger partial charge is 0.493 e. The van der Waals surface area contributed by atoms with Crippen molar-refractivity contribution >= 4 is 23.0 Å². The molecule has 2 fully saturated rings. The maximum Gasteiger partial charge on any atom is 0.171 e. The van der Waals surface area contributed by atoms with Gasteiger partial charge in [0.2, 0.25) is 0 Å². The lowest BCUT2D eigenvalue weighted by molar-refractivity contribution is 0.355. The van der Waals surface area contributed by atoms with Crippen LogP contribution in [0, 0.1) is 11.8 Å². The summed E-state index contributed by atoms with van der Waals surface area (Å²) in [6.07, 6.45) is 5.38. The third-order valence-corrected chi connectivity index (χ3v) is 4.92. The molecule has 1 aromatic rings. The first kappa shape index (κ1) is 14.4. The number of ether oxygens (including phenoxy) is 2. The van der Waals surface area contributed by atoms with Crippen LogP contribution in [0.25, 0.3) is 0 Å². The van der Waals surface area contributed by atoms with E-state index >= 15 is 0 Å². The predicted molar refractivity (Wildman–Crippen MR) is 88.1 cm³/mol. The quantitative estimate of drug-likeness (QED) is 0.836. The molecule has 2 aliphatic carbocycles. The molecule has 1 aromatic carbocycles. The van der Waals surface area contributed by atoms with Crippen molar-refractivity contribution in [1.29, 1.82) is 0 Å². The van der Waals surface area contributed by atoms with Gasteiger partial charge >= 0.3 is 0 Å². The smallest absolute Gasteiger partial charge is 0.171 e. The van der Waals surface area contributed by atoms with Gasteiger partial charge in [-0.05, 0) is 55.4 Å². The van der Waals surface area contributed by atoms with E-state index in [9.17, 15) is 0 Å². The lowest BCUT2D eigenvalue weighted by Gasteiger charge is -2.24. The second-order valence-corrected chi connectivity index (χ2v) is 6.36. The zero-order chi connectivity index (χ0) is 14.8. The van der Waals surface area contributed by atoms with Gasteiger partial charge in [-0.2, -0.15) is 0 Å². The first-order valence-electron chi connectivity index (χ1n) is 7.49. The molecule has 5 heteroatoms. The number of fused-ring (bicyclic) bond motifs is 2. The fraction of sp³-hybridized carbons (Fsp3) is 0.562. The minimum atomic E-state index is 0.545. The van der Waals surface area contributed by atoms with Crippen molar-refractivity contribution in [2.24, 2.45) is 11.8 Å². The maximum atomic E-state index is 5.43. The molecule has 4 nitrogen and oxygen atoms in total. The minimum absolute atomic E-state index is 0.545. The first-order valence-corrected chi connectivity index (χ1v) is 7.90. The summed E-state index contributed by atoms with van der Waals surface area (Å²) in [5.74, 6) is 3.14. The number of hydrogen-bond acceptors (Lipinski definition) is 3. The number of methoxy groups -OCH3 is 2. The third-order valence-electron chi connectivity index (χ3n) is 4.70. The maximum absolute atomic E-state index is 5.43. The predicted octanol–water partition coefficient (Wildman–Crippen LogP) is 3.18. The van der Waals surface area contributed by atoms with E-state index in [0.29, 0.717) is 16.9 Å². The SMILES string of the molecule is COc1ccc(NC(=S)N[C@H]2C[C@@H]3CC[C@@H]2C3)cc1OC. The van der Waals surface area contributed by atoms with E-state index in [-0.39, 0.29) is 0 Å². The Kier molecular flexibility index (Phi) is 4.19.